The fourth-order valence-electron chi connectivity index (χ4n) is 3.76. The largest absolute Gasteiger partial charge is 0.593 e. The fourth-order valence-corrected chi connectivity index (χ4v) is 4.23. The summed E-state index contributed by atoms with van der Waals surface area (Å²) in [5.74, 6) is 1.44. The van der Waals surface area contributed by atoms with Gasteiger partial charge in [0.05, 0.1) is 24.2 Å². The Kier molecular flexibility index (Phi) is 7.06. The smallest absolute Gasteiger partial charge is 0.269 e. The molecule has 1 N–H and O–H groups in total. The number of hydrogen-bond acceptors (Lipinski definition) is 5. The third-order valence-electron chi connectivity index (χ3n) is 5.14. The summed E-state index contributed by atoms with van der Waals surface area (Å²) < 4.78 is 20.1. The summed E-state index contributed by atoms with van der Waals surface area (Å²) >= 11 is -1.17. The summed E-state index contributed by atoms with van der Waals surface area (Å²) in [4.78, 5) is 16.5. The molecule has 1 heterocycles. The molecule has 7 heteroatoms. The van der Waals surface area contributed by atoms with Gasteiger partial charge in [0.15, 0.2) is 0 Å². The third-order valence-corrected chi connectivity index (χ3v) is 5.65. The highest BCUT2D eigenvalue weighted by Gasteiger charge is 2.35. The van der Waals surface area contributed by atoms with Crippen LogP contribution in [-0.2, 0) is 20.9 Å². The summed E-state index contributed by atoms with van der Waals surface area (Å²) in [5, 5.41) is 0. The molecule has 0 aromatic rings. The van der Waals surface area contributed by atoms with E-state index in [0.717, 1.165) is 30.2 Å². The van der Waals surface area contributed by atoms with E-state index in [1.54, 1.807) is 18.3 Å². The molecule has 0 radical (unpaired) electrons. The maximum absolute atomic E-state index is 12.6. The maximum Gasteiger partial charge on any atom is 0.269 e. The van der Waals surface area contributed by atoms with Crippen LogP contribution in [0.25, 0.3) is 0 Å². The number of rotatable bonds is 7. The molecule has 4 atom stereocenters. The highest BCUT2D eigenvalue weighted by Crippen LogP contribution is 2.36. The van der Waals surface area contributed by atoms with Crippen LogP contribution in [0.2, 0.25) is 0 Å². The van der Waals surface area contributed by atoms with Crippen molar-refractivity contribution < 1.29 is 14.1 Å². The first-order chi connectivity index (χ1) is 12.3. The zero-order chi connectivity index (χ0) is 19.4. The fraction of sp³-hybridized carbons (Fsp3) is 0.632. The van der Waals surface area contributed by atoms with E-state index in [1.165, 1.54) is 0 Å². The lowest BCUT2D eigenvalue weighted by molar-refractivity contribution is -0.129. The van der Waals surface area contributed by atoms with Crippen LogP contribution in [0.15, 0.2) is 35.4 Å². The Morgan fingerprint density at radius 2 is 2.00 bits per heavy atom. The van der Waals surface area contributed by atoms with Crippen LogP contribution in [0.5, 0.6) is 0 Å². The Labute approximate surface area is 160 Å². The second kappa shape index (κ2) is 8.86. The summed E-state index contributed by atoms with van der Waals surface area (Å²) in [7, 11) is 3.48. The molecule has 0 aromatic heterocycles. The molecule has 2 aliphatic rings. The molecule has 4 unspecified atom stereocenters. The third kappa shape index (κ3) is 4.38. The highest BCUT2D eigenvalue weighted by atomic mass is 32.2. The highest BCUT2D eigenvalue weighted by molar-refractivity contribution is 7.88. The van der Waals surface area contributed by atoms with E-state index in [0.29, 0.717) is 6.54 Å². The molecule has 2 rings (SSSR count). The second-order valence-corrected chi connectivity index (χ2v) is 7.99. The number of nitrogens with zero attached hydrogens (tertiary/aromatic N) is 2. The van der Waals surface area contributed by atoms with Gasteiger partial charge in [0.1, 0.15) is 17.7 Å². The Bertz CT molecular complexity index is 611. The van der Waals surface area contributed by atoms with Gasteiger partial charge in [-0.2, -0.15) is 0 Å². The molecule has 0 fully saturated rings. The number of ether oxygens (including phenoxy) is 1. The standard InChI is InChI=1S/C19H31N3O3S/c1-7-22(8-2)17-10-14(12-21(4)19(17)23)15-11-16(20-26(6)24)18(25-5)9-13(15)3/h9-11,13-15,20H,7-8,12H2,1-6H3. The summed E-state index contributed by atoms with van der Waals surface area (Å²) in [6.07, 6.45) is 7.91. The molecular weight excluding hydrogens is 350 g/mol. The molecule has 1 amide bonds. The lowest BCUT2D eigenvalue weighted by atomic mass is 9.77. The van der Waals surface area contributed by atoms with Crippen LogP contribution in [0, 0.1) is 17.8 Å². The van der Waals surface area contributed by atoms with E-state index in [2.05, 4.69) is 48.6 Å². The number of nitrogens with one attached hydrogen (secondary N) is 1. The van der Waals surface area contributed by atoms with Gasteiger partial charge in [0.25, 0.3) is 5.91 Å². The predicted octanol–water partition coefficient (Wildman–Crippen LogP) is 1.86. The van der Waals surface area contributed by atoms with E-state index >= 15 is 0 Å². The number of hydrogen-bond donors (Lipinski definition) is 1. The van der Waals surface area contributed by atoms with Crippen molar-refractivity contribution >= 4 is 17.3 Å². The van der Waals surface area contributed by atoms with Crippen molar-refractivity contribution in [3.05, 3.63) is 35.4 Å². The quantitative estimate of drug-likeness (QED) is 0.682. The minimum absolute atomic E-state index is 0.0820. The molecular formula is C19H31N3O3S. The Morgan fingerprint density at radius 1 is 1.35 bits per heavy atom. The number of carbonyl (C=O) groups is 1. The van der Waals surface area contributed by atoms with Gasteiger partial charge in [-0.15, -0.1) is 0 Å². The molecule has 0 spiro atoms. The van der Waals surface area contributed by atoms with Gasteiger partial charge in [-0.05, 0) is 43.9 Å². The van der Waals surface area contributed by atoms with E-state index in [9.17, 15) is 9.35 Å². The van der Waals surface area contributed by atoms with Crippen LogP contribution in [-0.4, -0.2) is 60.3 Å². The minimum atomic E-state index is -1.17. The Hall–Kier alpha value is -1.60. The van der Waals surface area contributed by atoms with Crippen molar-refractivity contribution in [2.24, 2.45) is 17.8 Å². The first-order valence-corrected chi connectivity index (χ1v) is 10.7. The average Bonchev–Trinajstić information content (AvgIpc) is 2.60. The van der Waals surface area contributed by atoms with E-state index in [1.807, 2.05) is 7.05 Å². The molecule has 1 aliphatic carbocycles. The number of amides is 1. The van der Waals surface area contributed by atoms with Gasteiger partial charge in [-0.25, -0.2) is 4.72 Å². The molecule has 146 valence electrons. The Morgan fingerprint density at radius 3 is 2.54 bits per heavy atom. The van der Waals surface area contributed by atoms with Crippen molar-refractivity contribution in [3.8, 4) is 0 Å². The number of methoxy groups -OCH3 is 1. The van der Waals surface area contributed by atoms with Gasteiger partial charge in [-0.1, -0.05) is 6.92 Å². The maximum atomic E-state index is 12.6. The van der Waals surface area contributed by atoms with Crippen molar-refractivity contribution in [1.29, 1.82) is 0 Å². The predicted molar refractivity (Wildman–Crippen MR) is 105 cm³/mol. The van der Waals surface area contributed by atoms with Gasteiger partial charge in [0.2, 0.25) is 0 Å². The van der Waals surface area contributed by atoms with Crippen molar-refractivity contribution in [2.75, 3.05) is 40.0 Å². The summed E-state index contributed by atoms with van der Waals surface area (Å²) in [5.41, 5.74) is 1.54. The number of allylic oxidation sites excluding steroid dienone is 2. The molecule has 0 bridgehead atoms. The average molecular weight is 382 g/mol. The van der Waals surface area contributed by atoms with Crippen LogP contribution in [0.1, 0.15) is 20.8 Å². The van der Waals surface area contributed by atoms with E-state index < -0.39 is 11.4 Å². The molecule has 0 saturated heterocycles. The van der Waals surface area contributed by atoms with Gasteiger partial charge in [-0.3, -0.25) is 4.79 Å². The monoisotopic (exact) mass is 381 g/mol. The molecule has 26 heavy (non-hydrogen) atoms. The molecule has 0 aromatic carbocycles. The zero-order valence-electron chi connectivity index (χ0n) is 16.6. The van der Waals surface area contributed by atoms with Crippen molar-refractivity contribution in [1.82, 2.24) is 14.5 Å². The van der Waals surface area contributed by atoms with Gasteiger partial charge >= 0.3 is 0 Å². The zero-order valence-corrected chi connectivity index (χ0v) is 17.4. The van der Waals surface area contributed by atoms with Crippen LogP contribution < -0.4 is 4.72 Å². The van der Waals surface area contributed by atoms with Gasteiger partial charge < -0.3 is 19.1 Å². The minimum Gasteiger partial charge on any atom is -0.593 e. The van der Waals surface area contributed by atoms with E-state index in [4.69, 9.17) is 4.74 Å². The number of carbonyl (C=O) groups excluding carboxylic acids is 1. The van der Waals surface area contributed by atoms with Crippen molar-refractivity contribution in [2.45, 2.75) is 20.8 Å². The van der Waals surface area contributed by atoms with Crippen LogP contribution in [0.3, 0.4) is 0 Å². The summed E-state index contributed by atoms with van der Waals surface area (Å²) in [6, 6.07) is 0. The summed E-state index contributed by atoms with van der Waals surface area (Å²) in [6.45, 7) is 8.57. The van der Waals surface area contributed by atoms with Crippen LogP contribution >= 0.6 is 0 Å². The van der Waals surface area contributed by atoms with Crippen molar-refractivity contribution in [3.63, 3.8) is 0 Å². The second-order valence-electron chi connectivity index (χ2n) is 6.88. The lowest BCUT2D eigenvalue weighted by Gasteiger charge is -2.38. The molecule has 1 aliphatic heterocycles. The van der Waals surface area contributed by atoms with Gasteiger partial charge in [0, 0.05) is 32.6 Å². The first-order valence-electron chi connectivity index (χ1n) is 9.12. The first kappa shape index (κ1) is 20.7. The Balaban J connectivity index is 2.37. The van der Waals surface area contributed by atoms with E-state index in [-0.39, 0.29) is 23.7 Å². The molecule has 0 saturated carbocycles. The SMILES string of the molecule is CCN(CC)C1=CC(C2C=C(N[S+](C)[O-])C(OC)=CC2C)CN(C)C1=O. The topological polar surface area (TPSA) is 67.9 Å². The lowest BCUT2D eigenvalue weighted by Crippen LogP contribution is -2.45. The number of likely N-dealkylation sites (N-methyl/N-ethyl adjacent to an activating group) is 2. The normalized spacial score (nSPS) is 27.3. The van der Waals surface area contributed by atoms with Crippen LogP contribution in [0.4, 0.5) is 0 Å². The molecule has 6 nitrogen and oxygen atoms in total.